The van der Waals surface area contributed by atoms with Crippen LogP contribution < -0.4 is 16.4 Å². The summed E-state index contributed by atoms with van der Waals surface area (Å²) in [6, 6.07) is 1.12. The van der Waals surface area contributed by atoms with E-state index in [1.54, 1.807) is 14.0 Å². The molecule has 25 heavy (non-hydrogen) atoms. The minimum atomic E-state index is 0.0839. The summed E-state index contributed by atoms with van der Waals surface area (Å²) >= 11 is 5.10. The number of hydrogen-bond donors (Lipinski definition) is 3. The van der Waals surface area contributed by atoms with Crippen molar-refractivity contribution < 1.29 is 9.59 Å². The summed E-state index contributed by atoms with van der Waals surface area (Å²) in [5, 5.41) is 5.86. The molecule has 6 heteroatoms. The molecule has 5 nitrogen and oxygen atoms in total. The van der Waals surface area contributed by atoms with Crippen LogP contribution in [0.3, 0.4) is 0 Å². The second kappa shape index (κ2) is 16.8. The molecule has 0 atom stereocenters. The third-order valence-electron chi connectivity index (χ3n) is 4.63. The van der Waals surface area contributed by atoms with Crippen molar-refractivity contribution in [1.29, 1.82) is 0 Å². The van der Waals surface area contributed by atoms with Gasteiger partial charge in [0.2, 0.25) is 5.91 Å². The molecule has 0 heterocycles. The average Bonchev–Trinajstić information content (AvgIpc) is 2.67. The first kappa shape index (κ1) is 24.4. The summed E-state index contributed by atoms with van der Waals surface area (Å²) in [6.45, 7) is 2.27. The SMILES string of the molecule is CCC(=O)CCl.CNC(=O)CNC1CCCCC1.NC1CCCCC1. The van der Waals surface area contributed by atoms with E-state index in [0.717, 1.165) is 0 Å². The smallest absolute Gasteiger partial charge is 0.233 e. The molecule has 0 spiro atoms. The number of hydrogen-bond acceptors (Lipinski definition) is 4. The molecule has 4 N–H and O–H groups in total. The third-order valence-corrected chi connectivity index (χ3v) is 4.93. The molecule has 0 saturated heterocycles. The summed E-state index contributed by atoms with van der Waals surface area (Å²) in [7, 11) is 1.67. The number of alkyl halides is 1. The Morgan fingerprint density at radius 1 is 1.00 bits per heavy atom. The standard InChI is InChI=1S/C9H18N2O.C6H13N.C4H7ClO/c1-10-9(12)7-11-8-5-3-2-4-6-8;7-6-4-2-1-3-5-6;1-2-4(6)3-5/h8,11H,2-7H2,1H3,(H,10,12);6H,1-5,7H2;2-3H2,1H3. The Balaban J connectivity index is 0.000000378. The molecule has 2 rings (SSSR count). The fraction of sp³-hybridized carbons (Fsp3) is 0.895. The summed E-state index contributed by atoms with van der Waals surface area (Å²) in [4.78, 5) is 20.9. The van der Waals surface area contributed by atoms with Gasteiger partial charge in [0.25, 0.3) is 0 Å². The Kier molecular flexibility index (Phi) is 16.4. The van der Waals surface area contributed by atoms with Crippen molar-refractivity contribution in [2.24, 2.45) is 5.73 Å². The molecule has 2 fully saturated rings. The molecule has 0 aromatic carbocycles. The molecule has 2 aliphatic rings. The number of nitrogens with one attached hydrogen (secondary N) is 2. The van der Waals surface area contributed by atoms with Crippen LogP contribution in [0.2, 0.25) is 0 Å². The normalized spacial score (nSPS) is 18.2. The van der Waals surface area contributed by atoms with E-state index >= 15 is 0 Å². The Morgan fingerprint density at radius 2 is 1.52 bits per heavy atom. The quantitative estimate of drug-likeness (QED) is 0.644. The molecular weight excluding hydrogens is 338 g/mol. The number of carbonyl (C=O) groups excluding carboxylic acids is 2. The number of rotatable bonds is 5. The molecule has 0 bridgehead atoms. The highest BCUT2D eigenvalue weighted by molar-refractivity contribution is 6.27. The van der Waals surface area contributed by atoms with E-state index in [-0.39, 0.29) is 17.6 Å². The van der Waals surface area contributed by atoms with Crippen LogP contribution in [0.5, 0.6) is 0 Å². The number of amides is 1. The van der Waals surface area contributed by atoms with Crippen molar-refractivity contribution in [2.75, 3.05) is 19.5 Å². The van der Waals surface area contributed by atoms with Crippen LogP contribution >= 0.6 is 11.6 Å². The van der Waals surface area contributed by atoms with E-state index in [9.17, 15) is 9.59 Å². The molecule has 148 valence electrons. The first-order valence-corrected chi connectivity index (χ1v) is 10.3. The lowest BCUT2D eigenvalue weighted by molar-refractivity contribution is -0.120. The number of Topliss-reactive ketones (excluding diaryl/α,β-unsaturated/α-hetero) is 1. The maximum absolute atomic E-state index is 10.9. The Bertz CT molecular complexity index is 336. The van der Waals surface area contributed by atoms with Gasteiger partial charge < -0.3 is 16.4 Å². The van der Waals surface area contributed by atoms with E-state index in [4.69, 9.17) is 17.3 Å². The van der Waals surface area contributed by atoms with E-state index in [1.165, 1.54) is 64.2 Å². The molecule has 1 amide bonds. The maximum Gasteiger partial charge on any atom is 0.233 e. The highest BCUT2D eigenvalue weighted by atomic mass is 35.5. The fourth-order valence-electron chi connectivity index (χ4n) is 2.86. The lowest BCUT2D eigenvalue weighted by Gasteiger charge is -2.22. The van der Waals surface area contributed by atoms with Crippen molar-refractivity contribution in [3.8, 4) is 0 Å². The van der Waals surface area contributed by atoms with Crippen LogP contribution in [0.15, 0.2) is 0 Å². The minimum Gasteiger partial charge on any atom is -0.358 e. The van der Waals surface area contributed by atoms with Gasteiger partial charge in [-0.25, -0.2) is 0 Å². The predicted octanol–water partition coefficient (Wildman–Crippen LogP) is 3.14. The van der Waals surface area contributed by atoms with Crippen LogP contribution in [0, 0.1) is 0 Å². The van der Waals surface area contributed by atoms with E-state index in [2.05, 4.69) is 10.6 Å². The number of ketones is 1. The van der Waals surface area contributed by atoms with E-state index < -0.39 is 0 Å². The minimum absolute atomic E-state index is 0.0839. The van der Waals surface area contributed by atoms with Crippen molar-refractivity contribution in [2.45, 2.75) is 89.6 Å². The number of likely N-dealkylation sites (N-methyl/N-ethyl adjacent to an activating group) is 1. The highest BCUT2D eigenvalue weighted by Crippen LogP contribution is 2.17. The topological polar surface area (TPSA) is 84.2 Å². The van der Waals surface area contributed by atoms with Gasteiger partial charge in [-0.3, -0.25) is 9.59 Å². The van der Waals surface area contributed by atoms with E-state index in [1.807, 2.05) is 0 Å². The van der Waals surface area contributed by atoms with Crippen LogP contribution in [0.25, 0.3) is 0 Å². The zero-order valence-corrected chi connectivity index (χ0v) is 16.9. The van der Waals surface area contributed by atoms with Crippen molar-refractivity contribution in [3.63, 3.8) is 0 Å². The van der Waals surface area contributed by atoms with Crippen LogP contribution in [-0.2, 0) is 9.59 Å². The fourth-order valence-corrected chi connectivity index (χ4v) is 3.05. The summed E-state index contributed by atoms with van der Waals surface area (Å²) in [5.74, 6) is 0.355. The van der Waals surface area contributed by atoms with Crippen LogP contribution in [0.1, 0.15) is 77.6 Å². The van der Waals surface area contributed by atoms with Gasteiger partial charge in [0.1, 0.15) is 5.78 Å². The Hall–Kier alpha value is -0.650. The molecular formula is C19H38ClN3O2. The number of carbonyl (C=O) groups is 2. The molecule has 0 unspecified atom stereocenters. The van der Waals surface area contributed by atoms with Crippen molar-refractivity contribution in [3.05, 3.63) is 0 Å². The van der Waals surface area contributed by atoms with E-state index in [0.29, 0.717) is 25.0 Å². The largest absolute Gasteiger partial charge is 0.358 e. The van der Waals surface area contributed by atoms with Gasteiger partial charge in [-0.05, 0) is 25.7 Å². The molecule has 0 aromatic rings. The maximum atomic E-state index is 10.9. The van der Waals surface area contributed by atoms with Crippen molar-refractivity contribution >= 4 is 23.3 Å². The lowest BCUT2D eigenvalue weighted by atomic mass is 9.95. The van der Waals surface area contributed by atoms with Gasteiger partial charge in [-0.1, -0.05) is 45.4 Å². The summed E-state index contributed by atoms with van der Waals surface area (Å²) in [6.07, 6.45) is 13.7. The average molecular weight is 376 g/mol. The number of nitrogens with two attached hydrogens (primary N) is 1. The van der Waals surface area contributed by atoms with Gasteiger partial charge in [0.05, 0.1) is 12.4 Å². The predicted molar refractivity (Wildman–Crippen MR) is 106 cm³/mol. The molecule has 0 aromatic heterocycles. The first-order valence-electron chi connectivity index (χ1n) is 9.80. The summed E-state index contributed by atoms with van der Waals surface area (Å²) in [5.41, 5.74) is 5.63. The second-order valence-corrected chi connectivity index (χ2v) is 7.08. The van der Waals surface area contributed by atoms with Gasteiger partial charge in [0.15, 0.2) is 0 Å². The van der Waals surface area contributed by atoms with Gasteiger partial charge in [0, 0.05) is 25.6 Å². The van der Waals surface area contributed by atoms with Gasteiger partial charge in [-0.2, -0.15) is 0 Å². The van der Waals surface area contributed by atoms with Crippen molar-refractivity contribution in [1.82, 2.24) is 10.6 Å². The molecule has 2 aliphatic carbocycles. The second-order valence-electron chi connectivity index (χ2n) is 6.81. The molecule has 0 radical (unpaired) electrons. The highest BCUT2D eigenvalue weighted by Gasteiger charge is 2.12. The first-order chi connectivity index (χ1) is 12.0. The third kappa shape index (κ3) is 15.3. The Morgan fingerprint density at radius 3 is 1.84 bits per heavy atom. The molecule has 0 aliphatic heterocycles. The Labute approximate surface area is 158 Å². The van der Waals surface area contributed by atoms with Gasteiger partial charge >= 0.3 is 0 Å². The monoisotopic (exact) mass is 375 g/mol. The van der Waals surface area contributed by atoms with Gasteiger partial charge in [-0.15, -0.1) is 11.6 Å². The molecule has 2 saturated carbocycles. The summed E-state index contributed by atoms with van der Waals surface area (Å²) < 4.78 is 0. The van der Waals surface area contributed by atoms with Crippen LogP contribution in [0.4, 0.5) is 0 Å². The van der Waals surface area contributed by atoms with Crippen LogP contribution in [-0.4, -0.2) is 43.2 Å². The zero-order valence-electron chi connectivity index (χ0n) is 16.1. The zero-order chi connectivity index (χ0) is 18.9. The lowest BCUT2D eigenvalue weighted by Crippen LogP contribution is -2.38. The number of halogens is 1.